The molecule has 0 aromatic heterocycles. The average Bonchev–Trinajstić information content (AvgIpc) is 2.35. The largest absolute Gasteiger partial charge is 0.480 e. The second kappa shape index (κ2) is 7.22. The summed E-state index contributed by atoms with van der Waals surface area (Å²) in [6.07, 6.45) is 0.691. The van der Waals surface area contributed by atoms with Crippen molar-refractivity contribution in [2.24, 2.45) is 0 Å². The quantitative estimate of drug-likeness (QED) is 0.649. The Kier molecular flexibility index (Phi) is 5.94. The summed E-state index contributed by atoms with van der Waals surface area (Å²) in [7, 11) is -3.76. The molecule has 0 aliphatic rings. The van der Waals surface area contributed by atoms with Crippen molar-refractivity contribution in [3.63, 3.8) is 0 Å². The second-order valence-electron chi connectivity index (χ2n) is 4.03. The summed E-state index contributed by atoms with van der Waals surface area (Å²) in [5.41, 5.74) is 0.969. The van der Waals surface area contributed by atoms with Crippen LogP contribution in [0.3, 0.4) is 0 Å². The number of aliphatic carboxylic acids is 1. The van der Waals surface area contributed by atoms with E-state index in [2.05, 4.69) is 9.44 Å². The maximum atomic E-state index is 11.5. The third-order valence-electron chi connectivity index (χ3n) is 2.49. The molecule has 106 valence electrons. The van der Waals surface area contributed by atoms with Gasteiger partial charge in [-0.1, -0.05) is 37.3 Å². The van der Waals surface area contributed by atoms with E-state index in [1.54, 1.807) is 6.92 Å². The van der Waals surface area contributed by atoms with Gasteiger partial charge in [-0.05, 0) is 18.4 Å². The summed E-state index contributed by atoms with van der Waals surface area (Å²) < 4.78 is 27.3. The number of carboxylic acids is 1. The Morgan fingerprint density at radius 3 is 2.47 bits per heavy atom. The monoisotopic (exact) mass is 286 g/mol. The van der Waals surface area contributed by atoms with Gasteiger partial charge in [0.15, 0.2) is 0 Å². The van der Waals surface area contributed by atoms with Gasteiger partial charge in [0.25, 0.3) is 10.2 Å². The number of aryl methyl sites for hydroxylation is 1. The van der Waals surface area contributed by atoms with Gasteiger partial charge in [0.05, 0.1) is 0 Å². The van der Waals surface area contributed by atoms with E-state index in [-0.39, 0.29) is 13.0 Å². The first-order valence-electron chi connectivity index (χ1n) is 5.98. The van der Waals surface area contributed by atoms with Crippen LogP contribution in [-0.2, 0) is 21.4 Å². The van der Waals surface area contributed by atoms with Crippen molar-refractivity contribution in [1.29, 1.82) is 0 Å². The minimum atomic E-state index is -3.76. The van der Waals surface area contributed by atoms with E-state index < -0.39 is 22.2 Å². The highest BCUT2D eigenvalue weighted by Crippen LogP contribution is 2.06. The molecule has 1 rings (SSSR count). The highest BCUT2D eigenvalue weighted by molar-refractivity contribution is 7.87. The molecule has 1 aromatic carbocycles. The van der Waals surface area contributed by atoms with Gasteiger partial charge in [0.1, 0.15) is 6.04 Å². The van der Waals surface area contributed by atoms with Crippen LogP contribution in [0.15, 0.2) is 30.3 Å². The summed E-state index contributed by atoms with van der Waals surface area (Å²) in [5, 5.41) is 9.03. The van der Waals surface area contributed by atoms with Crippen LogP contribution in [0.5, 0.6) is 0 Å². The summed E-state index contributed by atoms with van der Waals surface area (Å²) in [4.78, 5) is 11.0. The minimum absolute atomic E-state index is 0.198. The van der Waals surface area contributed by atoms with Gasteiger partial charge in [-0.3, -0.25) is 4.79 Å². The lowest BCUT2D eigenvalue weighted by Gasteiger charge is -2.14. The van der Waals surface area contributed by atoms with Gasteiger partial charge < -0.3 is 5.11 Å². The van der Waals surface area contributed by atoms with Crippen LogP contribution in [0.4, 0.5) is 0 Å². The summed E-state index contributed by atoms with van der Waals surface area (Å²) in [5.74, 6) is -1.18. The summed E-state index contributed by atoms with van der Waals surface area (Å²) >= 11 is 0. The van der Waals surface area contributed by atoms with Crippen molar-refractivity contribution in [1.82, 2.24) is 9.44 Å². The van der Waals surface area contributed by atoms with E-state index in [9.17, 15) is 13.2 Å². The normalized spacial score (nSPS) is 13.1. The Morgan fingerprint density at radius 1 is 1.32 bits per heavy atom. The first-order valence-corrected chi connectivity index (χ1v) is 7.46. The van der Waals surface area contributed by atoms with E-state index in [1.807, 2.05) is 30.3 Å². The number of rotatable bonds is 8. The van der Waals surface area contributed by atoms with Gasteiger partial charge in [-0.15, -0.1) is 0 Å². The van der Waals surface area contributed by atoms with E-state index >= 15 is 0 Å². The predicted molar refractivity (Wildman–Crippen MR) is 71.9 cm³/mol. The van der Waals surface area contributed by atoms with Gasteiger partial charge >= 0.3 is 5.97 Å². The molecule has 1 atom stereocenters. The van der Waals surface area contributed by atoms with Gasteiger partial charge in [-0.2, -0.15) is 13.1 Å². The molecule has 6 nitrogen and oxygen atoms in total. The van der Waals surface area contributed by atoms with E-state index in [1.165, 1.54) is 0 Å². The molecule has 0 saturated carbocycles. The fourth-order valence-electron chi connectivity index (χ4n) is 1.61. The third kappa shape index (κ3) is 5.82. The average molecular weight is 286 g/mol. The van der Waals surface area contributed by atoms with Crippen LogP contribution < -0.4 is 9.44 Å². The Labute approximate surface area is 113 Å². The molecule has 19 heavy (non-hydrogen) atoms. The molecule has 0 saturated heterocycles. The van der Waals surface area contributed by atoms with Crippen molar-refractivity contribution >= 4 is 16.2 Å². The molecule has 3 N–H and O–H groups in total. The molecule has 0 aliphatic heterocycles. The first kappa shape index (κ1) is 15.6. The predicted octanol–water partition coefficient (Wildman–Crippen LogP) is 0.516. The highest BCUT2D eigenvalue weighted by atomic mass is 32.2. The van der Waals surface area contributed by atoms with E-state index in [0.717, 1.165) is 5.56 Å². The maximum absolute atomic E-state index is 11.5. The van der Waals surface area contributed by atoms with Crippen LogP contribution in [0, 0.1) is 0 Å². The second-order valence-corrected chi connectivity index (χ2v) is 5.57. The van der Waals surface area contributed by atoms with Crippen molar-refractivity contribution < 1.29 is 18.3 Å². The van der Waals surface area contributed by atoms with Crippen molar-refractivity contribution in [2.45, 2.75) is 25.8 Å². The summed E-state index contributed by atoms with van der Waals surface area (Å²) in [6, 6.07) is 8.19. The number of carboxylic acid groups (broad SMARTS) is 1. The third-order valence-corrected chi connectivity index (χ3v) is 3.76. The molecule has 0 bridgehead atoms. The molecule has 0 spiro atoms. The maximum Gasteiger partial charge on any atom is 0.321 e. The van der Waals surface area contributed by atoms with Crippen LogP contribution in [0.2, 0.25) is 0 Å². The number of benzene rings is 1. The Hall–Kier alpha value is -1.44. The molecule has 0 amide bonds. The van der Waals surface area contributed by atoms with Crippen LogP contribution in [0.25, 0.3) is 0 Å². The molecule has 1 unspecified atom stereocenters. The zero-order valence-corrected chi connectivity index (χ0v) is 11.5. The molecule has 0 radical (unpaired) electrons. The fraction of sp³-hybridized carbons (Fsp3) is 0.417. The van der Waals surface area contributed by atoms with Crippen LogP contribution in [-0.4, -0.2) is 32.1 Å². The van der Waals surface area contributed by atoms with Gasteiger partial charge in [0.2, 0.25) is 0 Å². The van der Waals surface area contributed by atoms with Crippen LogP contribution >= 0.6 is 0 Å². The van der Waals surface area contributed by atoms with Crippen molar-refractivity contribution in [2.75, 3.05) is 6.54 Å². The molecule has 0 fully saturated rings. The zero-order chi connectivity index (χ0) is 14.3. The fourth-order valence-corrected chi connectivity index (χ4v) is 2.66. The molecule has 0 heterocycles. The van der Waals surface area contributed by atoms with E-state index in [0.29, 0.717) is 6.42 Å². The van der Waals surface area contributed by atoms with Crippen molar-refractivity contribution in [3.8, 4) is 0 Å². The lowest BCUT2D eigenvalue weighted by molar-refractivity contribution is -0.139. The highest BCUT2D eigenvalue weighted by Gasteiger charge is 2.22. The first-order chi connectivity index (χ1) is 8.94. The molecular weight excluding hydrogens is 268 g/mol. The Morgan fingerprint density at radius 2 is 1.95 bits per heavy atom. The number of hydrogen-bond donors (Lipinski definition) is 3. The molecule has 1 aromatic rings. The lowest BCUT2D eigenvalue weighted by atomic mass is 10.1. The van der Waals surface area contributed by atoms with Gasteiger partial charge in [-0.25, -0.2) is 4.72 Å². The standard InChI is InChI=1S/C12H18N2O4S/c1-2-13-19(17,18)14-11(12(15)16)9-8-10-6-4-3-5-7-10/h3-7,11,13-14H,2,8-9H2,1H3,(H,15,16). The minimum Gasteiger partial charge on any atom is -0.480 e. The SMILES string of the molecule is CCNS(=O)(=O)NC(CCc1ccccc1)C(=O)O. The van der Waals surface area contributed by atoms with E-state index in [4.69, 9.17) is 5.11 Å². The lowest BCUT2D eigenvalue weighted by Crippen LogP contribution is -2.46. The number of hydrogen-bond acceptors (Lipinski definition) is 3. The van der Waals surface area contributed by atoms with Crippen LogP contribution in [0.1, 0.15) is 18.9 Å². The van der Waals surface area contributed by atoms with Crippen molar-refractivity contribution in [3.05, 3.63) is 35.9 Å². The van der Waals surface area contributed by atoms with Gasteiger partial charge in [0, 0.05) is 6.54 Å². The number of carbonyl (C=O) groups is 1. The smallest absolute Gasteiger partial charge is 0.321 e. The number of nitrogens with one attached hydrogen (secondary N) is 2. The molecular formula is C12H18N2O4S. The summed E-state index contributed by atoms with van der Waals surface area (Å²) in [6.45, 7) is 1.83. The molecule has 7 heteroatoms. The molecule has 0 aliphatic carbocycles. The Bertz CT molecular complexity index is 502. The Balaban J connectivity index is 2.62. The topological polar surface area (TPSA) is 95.5 Å². The zero-order valence-electron chi connectivity index (χ0n) is 10.7.